The van der Waals surface area contributed by atoms with E-state index in [0.29, 0.717) is 28.2 Å². The number of carbonyl (C=O) groups excluding carboxylic acids is 1. The lowest BCUT2D eigenvalue weighted by Crippen LogP contribution is -2.28. The minimum Gasteiger partial charge on any atom is -0.490 e. The molecule has 3 aromatic rings. The number of hydrogen-bond donors (Lipinski definition) is 0. The first-order valence-corrected chi connectivity index (χ1v) is 13.4. The molecular formula is C29H29BrN2O3S. The molecule has 36 heavy (non-hydrogen) atoms. The van der Waals surface area contributed by atoms with E-state index in [9.17, 15) is 4.79 Å². The molecule has 1 aliphatic rings. The molecule has 0 bridgehead atoms. The summed E-state index contributed by atoms with van der Waals surface area (Å²) in [6.07, 6.45) is 1.87. The number of rotatable bonds is 7. The molecule has 186 valence electrons. The maximum Gasteiger partial charge on any atom is 0.271 e. The van der Waals surface area contributed by atoms with E-state index in [1.54, 1.807) is 4.90 Å². The van der Waals surface area contributed by atoms with Crippen LogP contribution in [0.3, 0.4) is 0 Å². The van der Waals surface area contributed by atoms with Gasteiger partial charge in [0, 0.05) is 0 Å². The van der Waals surface area contributed by atoms with E-state index in [1.807, 2.05) is 101 Å². The summed E-state index contributed by atoms with van der Waals surface area (Å²) in [5, 5.41) is 0.614. The number of aliphatic imine (C=N–C) groups is 1. The number of halogens is 1. The van der Waals surface area contributed by atoms with Crippen LogP contribution < -0.4 is 14.4 Å². The first-order chi connectivity index (χ1) is 17.2. The van der Waals surface area contributed by atoms with E-state index < -0.39 is 0 Å². The molecule has 0 saturated carbocycles. The van der Waals surface area contributed by atoms with Gasteiger partial charge in [-0.25, -0.2) is 4.99 Å². The minimum atomic E-state index is -0.119. The largest absolute Gasteiger partial charge is 0.490 e. The zero-order valence-electron chi connectivity index (χ0n) is 21.0. The number of amides is 1. The Kier molecular flexibility index (Phi) is 8.21. The molecular weight excluding hydrogens is 536 g/mol. The number of hydrogen-bond acceptors (Lipinski definition) is 5. The molecule has 0 N–H and O–H groups in total. The summed E-state index contributed by atoms with van der Waals surface area (Å²) < 4.78 is 12.6. The van der Waals surface area contributed by atoms with Gasteiger partial charge in [-0.1, -0.05) is 35.4 Å². The smallest absolute Gasteiger partial charge is 0.271 e. The van der Waals surface area contributed by atoms with Crippen molar-refractivity contribution >= 4 is 56.2 Å². The van der Waals surface area contributed by atoms with Gasteiger partial charge >= 0.3 is 0 Å². The first kappa shape index (κ1) is 26.0. The highest BCUT2D eigenvalue weighted by Gasteiger charge is 2.35. The summed E-state index contributed by atoms with van der Waals surface area (Å²) in [5.41, 5.74) is 4.70. The van der Waals surface area contributed by atoms with E-state index in [1.165, 1.54) is 11.8 Å². The summed E-state index contributed by atoms with van der Waals surface area (Å²) in [6, 6.07) is 19.7. The highest BCUT2D eigenvalue weighted by molar-refractivity contribution is 9.10. The van der Waals surface area contributed by atoms with Crippen molar-refractivity contribution in [2.24, 2.45) is 4.99 Å². The van der Waals surface area contributed by atoms with E-state index in [2.05, 4.69) is 15.9 Å². The zero-order chi connectivity index (χ0) is 25.8. The van der Waals surface area contributed by atoms with Crippen LogP contribution in [-0.2, 0) is 4.79 Å². The van der Waals surface area contributed by atoms with Crippen molar-refractivity contribution in [3.63, 3.8) is 0 Å². The third kappa shape index (κ3) is 6.02. The highest BCUT2D eigenvalue weighted by atomic mass is 79.9. The molecule has 1 aliphatic heterocycles. The molecule has 3 aromatic carbocycles. The highest BCUT2D eigenvalue weighted by Crippen LogP contribution is 2.41. The van der Waals surface area contributed by atoms with Gasteiger partial charge in [-0.3, -0.25) is 9.69 Å². The topological polar surface area (TPSA) is 51.1 Å². The third-order valence-corrected chi connectivity index (χ3v) is 6.90. The van der Waals surface area contributed by atoms with E-state index in [0.717, 1.165) is 32.5 Å². The lowest BCUT2D eigenvalue weighted by molar-refractivity contribution is -0.113. The predicted octanol–water partition coefficient (Wildman–Crippen LogP) is 8.06. The Labute approximate surface area is 225 Å². The van der Waals surface area contributed by atoms with Gasteiger partial charge in [-0.2, -0.15) is 0 Å². The molecule has 5 nitrogen and oxygen atoms in total. The Hall–Kier alpha value is -3.03. The van der Waals surface area contributed by atoms with Gasteiger partial charge in [0.05, 0.1) is 33.5 Å². The quantitative estimate of drug-likeness (QED) is 0.272. The van der Waals surface area contributed by atoms with Crippen LogP contribution in [0.25, 0.3) is 6.08 Å². The molecule has 1 amide bonds. The Morgan fingerprint density at radius 1 is 1.03 bits per heavy atom. The van der Waals surface area contributed by atoms with E-state index in [4.69, 9.17) is 14.5 Å². The van der Waals surface area contributed by atoms with Crippen molar-refractivity contribution in [2.45, 2.75) is 40.7 Å². The summed E-state index contributed by atoms with van der Waals surface area (Å²) in [5.74, 6) is 1.17. The number of aryl methyl sites for hydroxylation is 2. The Morgan fingerprint density at radius 2 is 1.67 bits per heavy atom. The fraction of sp³-hybridized carbons (Fsp3) is 0.241. The SMILES string of the molecule is CCOc1cc(/C=C2\SC(=Nc3ccc(C)cc3)N(c3ccc(C)cc3)C2=O)cc(Br)c1OC(C)C. The van der Waals surface area contributed by atoms with Crippen molar-refractivity contribution in [2.75, 3.05) is 11.5 Å². The van der Waals surface area contributed by atoms with Crippen LogP contribution in [0.1, 0.15) is 37.5 Å². The summed E-state index contributed by atoms with van der Waals surface area (Å²) in [4.78, 5) is 20.7. The second-order valence-electron chi connectivity index (χ2n) is 8.75. The second kappa shape index (κ2) is 11.4. The molecule has 0 spiro atoms. The van der Waals surface area contributed by atoms with Gasteiger partial charge in [0.25, 0.3) is 5.91 Å². The van der Waals surface area contributed by atoms with Crippen LogP contribution in [-0.4, -0.2) is 23.8 Å². The van der Waals surface area contributed by atoms with Crippen molar-refractivity contribution in [3.05, 3.63) is 86.7 Å². The lowest BCUT2D eigenvalue weighted by Gasteiger charge is -2.17. The molecule has 4 rings (SSSR count). The number of carbonyl (C=O) groups is 1. The fourth-order valence-corrected chi connectivity index (χ4v) is 5.19. The Balaban J connectivity index is 1.76. The standard InChI is InChI=1S/C29H29BrN2O3S/c1-6-34-25-16-21(15-24(30)27(25)35-18(2)3)17-26-28(33)32(23-13-9-20(5)10-14-23)29(36-26)31-22-11-7-19(4)8-12-22/h7-18H,6H2,1-5H3/b26-17-,31-29?. The molecule has 0 aliphatic carbocycles. The predicted molar refractivity (Wildman–Crippen MR) is 154 cm³/mol. The monoisotopic (exact) mass is 564 g/mol. The zero-order valence-corrected chi connectivity index (χ0v) is 23.4. The molecule has 1 saturated heterocycles. The van der Waals surface area contributed by atoms with Crippen molar-refractivity contribution in [1.82, 2.24) is 0 Å². The van der Waals surface area contributed by atoms with E-state index >= 15 is 0 Å². The van der Waals surface area contributed by atoms with Gasteiger partial charge in [0.2, 0.25) is 0 Å². The number of benzene rings is 3. The Bertz CT molecular complexity index is 1320. The maximum absolute atomic E-state index is 13.6. The van der Waals surface area contributed by atoms with Crippen molar-refractivity contribution < 1.29 is 14.3 Å². The van der Waals surface area contributed by atoms with Gasteiger partial charge in [0.15, 0.2) is 16.7 Å². The van der Waals surface area contributed by atoms with Gasteiger partial charge in [-0.15, -0.1) is 0 Å². The maximum atomic E-state index is 13.6. The minimum absolute atomic E-state index is 0.000266. The molecule has 0 aromatic heterocycles. The summed E-state index contributed by atoms with van der Waals surface area (Å²) in [6.45, 7) is 10.4. The fourth-order valence-electron chi connectivity index (χ4n) is 3.64. The number of anilines is 1. The number of nitrogens with zero attached hydrogens (tertiary/aromatic N) is 2. The van der Waals surface area contributed by atoms with Gasteiger partial charge in [0.1, 0.15) is 0 Å². The summed E-state index contributed by atoms with van der Waals surface area (Å²) >= 11 is 4.98. The summed E-state index contributed by atoms with van der Waals surface area (Å²) in [7, 11) is 0. The van der Waals surface area contributed by atoms with Crippen LogP contribution >= 0.6 is 27.7 Å². The first-order valence-electron chi connectivity index (χ1n) is 11.8. The third-order valence-electron chi connectivity index (χ3n) is 5.34. The Morgan fingerprint density at radius 3 is 2.28 bits per heavy atom. The molecule has 7 heteroatoms. The number of amidine groups is 1. The molecule has 0 atom stereocenters. The average Bonchev–Trinajstić information content (AvgIpc) is 3.12. The van der Waals surface area contributed by atoms with Gasteiger partial charge < -0.3 is 9.47 Å². The molecule has 1 fully saturated rings. The van der Waals surface area contributed by atoms with E-state index in [-0.39, 0.29) is 12.0 Å². The van der Waals surface area contributed by atoms with Crippen molar-refractivity contribution in [3.8, 4) is 11.5 Å². The average molecular weight is 566 g/mol. The second-order valence-corrected chi connectivity index (χ2v) is 10.6. The molecule has 0 radical (unpaired) electrons. The van der Waals surface area contributed by atoms with Crippen molar-refractivity contribution in [1.29, 1.82) is 0 Å². The molecule has 0 unspecified atom stereocenters. The van der Waals surface area contributed by atoms with Gasteiger partial charge in [-0.05, 0) is 110 Å². The lowest BCUT2D eigenvalue weighted by atomic mass is 10.1. The van der Waals surface area contributed by atoms with Crippen LogP contribution in [0.15, 0.2) is 75.0 Å². The molecule has 1 heterocycles. The normalized spacial score (nSPS) is 15.9. The number of thioether (sulfide) groups is 1. The number of ether oxygens (including phenoxy) is 2. The van der Waals surface area contributed by atoms with Crippen LogP contribution in [0.2, 0.25) is 0 Å². The van der Waals surface area contributed by atoms with Crippen LogP contribution in [0, 0.1) is 13.8 Å². The van der Waals surface area contributed by atoms with Crippen LogP contribution in [0.5, 0.6) is 11.5 Å². The van der Waals surface area contributed by atoms with Crippen LogP contribution in [0.4, 0.5) is 11.4 Å².